The average Bonchev–Trinajstić information content (AvgIpc) is 3.40. The Hall–Kier alpha value is -4.16. The van der Waals surface area contributed by atoms with Gasteiger partial charge in [-0.05, 0) is 73.6 Å². The van der Waals surface area contributed by atoms with Crippen LogP contribution >= 0.6 is 0 Å². The summed E-state index contributed by atoms with van der Waals surface area (Å²) in [6.45, 7) is 11.4. The molecule has 2 N–H and O–H groups in total. The number of nitrogens with one attached hydrogen (secondary N) is 2. The Labute approximate surface area is 256 Å². The standard InChI is InChI=1S/C37H44N4O2/c1-24(2)33(36(42)39-34-26(4)21-25(3)22-27(34)5)38-23-31-29-15-10-11-16-30(29)37(43)41(20-18-28-13-8-7-9-14-28)35(31)32-17-12-19-40(32)6/h7-17,19,21-22,24,31,33,35,38H,18,20,23H2,1-6H3,(H,39,42)/t31-,33-,35-/m1/s1. The minimum Gasteiger partial charge on any atom is -0.353 e. The van der Waals surface area contributed by atoms with Gasteiger partial charge in [0.05, 0.1) is 12.1 Å². The maximum Gasteiger partial charge on any atom is 0.254 e. The second-order valence-electron chi connectivity index (χ2n) is 12.3. The highest BCUT2D eigenvalue weighted by Crippen LogP contribution is 2.42. The lowest BCUT2D eigenvalue weighted by molar-refractivity contribution is -0.119. The van der Waals surface area contributed by atoms with Crippen molar-refractivity contribution in [2.24, 2.45) is 13.0 Å². The first-order valence-corrected chi connectivity index (χ1v) is 15.3. The Morgan fingerprint density at radius 1 is 0.907 bits per heavy atom. The summed E-state index contributed by atoms with van der Waals surface area (Å²) >= 11 is 0. The van der Waals surface area contributed by atoms with Gasteiger partial charge in [-0.25, -0.2) is 0 Å². The lowest BCUT2D eigenvalue weighted by Crippen LogP contribution is -2.50. The smallest absolute Gasteiger partial charge is 0.254 e. The molecule has 0 saturated carbocycles. The van der Waals surface area contributed by atoms with Crippen molar-refractivity contribution in [3.05, 3.63) is 124 Å². The molecule has 1 aliphatic rings. The van der Waals surface area contributed by atoms with Crippen LogP contribution in [0.5, 0.6) is 0 Å². The summed E-state index contributed by atoms with van der Waals surface area (Å²) in [5.74, 6) is 0.0309. The predicted octanol–water partition coefficient (Wildman–Crippen LogP) is 6.73. The molecule has 43 heavy (non-hydrogen) atoms. The van der Waals surface area contributed by atoms with E-state index in [4.69, 9.17) is 0 Å². The van der Waals surface area contributed by atoms with Crippen LogP contribution in [0.15, 0.2) is 85.1 Å². The van der Waals surface area contributed by atoms with Crippen molar-refractivity contribution >= 4 is 17.5 Å². The molecule has 3 atom stereocenters. The fraction of sp³-hybridized carbons (Fsp3) is 0.351. The van der Waals surface area contributed by atoms with Crippen molar-refractivity contribution in [1.82, 2.24) is 14.8 Å². The molecule has 224 valence electrons. The molecule has 0 saturated heterocycles. The van der Waals surface area contributed by atoms with Crippen molar-refractivity contribution < 1.29 is 9.59 Å². The third kappa shape index (κ3) is 6.45. The van der Waals surface area contributed by atoms with E-state index in [-0.39, 0.29) is 29.7 Å². The number of fused-ring (bicyclic) bond motifs is 1. The molecule has 0 bridgehead atoms. The third-order valence-electron chi connectivity index (χ3n) is 8.77. The molecule has 6 nitrogen and oxygen atoms in total. The number of aromatic nitrogens is 1. The number of carbonyl (C=O) groups excluding carboxylic acids is 2. The van der Waals surface area contributed by atoms with E-state index in [0.29, 0.717) is 13.1 Å². The molecule has 2 heterocycles. The number of carbonyl (C=O) groups is 2. The molecule has 0 spiro atoms. The number of benzene rings is 3. The van der Waals surface area contributed by atoms with Crippen LogP contribution in [0.4, 0.5) is 5.69 Å². The Kier molecular flexibility index (Phi) is 9.16. The van der Waals surface area contributed by atoms with Gasteiger partial charge in [-0.3, -0.25) is 9.59 Å². The quantitative estimate of drug-likeness (QED) is 0.220. The van der Waals surface area contributed by atoms with Crippen LogP contribution in [0.25, 0.3) is 0 Å². The number of anilines is 1. The Morgan fingerprint density at radius 3 is 2.23 bits per heavy atom. The monoisotopic (exact) mass is 576 g/mol. The second-order valence-corrected chi connectivity index (χ2v) is 12.3. The van der Waals surface area contributed by atoms with Gasteiger partial charge in [0.1, 0.15) is 0 Å². The molecule has 1 aliphatic heterocycles. The van der Waals surface area contributed by atoms with Crippen molar-refractivity contribution in [2.45, 2.75) is 59.0 Å². The fourth-order valence-electron chi connectivity index (χ4n) is 6.65. The Balaban J connectivity index is 1.47. The summed E-state index contributed by atoms with van der Waals surface area (Å²) in [5.41, 5.74) is 8.23. The number of hydrogen-bond donors (Lipinski definition) is 2. The number of rotatable bonds is 10. The zero-order chi connectivity index (χ0) is 30.7. The van der Waals surface area contributed by atoms with Crippen LogP contribution in [0.2, 0.25) is 0 Å². The molecule has 5 rings (SSSR count). The first kappa shape index (κ1) is 30.3. The summed E-state index contributed by atoms with van der Waals surface area (Å²) in [6.07, 6.45) is 2.80. The predicted molar refractivity (Wildman–Crippen MR) is 174 cm³/mol. The first-order valence-electron chi connectivity index (χ1n) is 15.3. The van der Waals surface area contributed by atoms with E-state index >= 15 is 0 Å². The van der Waals surface area contributed by atoms with Crippen molar-refractivity contribution in [1.29, 1.82) is 0 Å². The zero-order valence-corrected chi connectivity index (χ0v) is 26.2. The Morgan fingerprint density at radius 2 is 1.58 bits per heavy atom. The third-order valence-corrected chi connectivity index (χ3v) is 8.77. The van der Waals surface area contributed by atoms with Gasteiger partial charge in [0.25, 0.3) is 5.91 Å². The van der Waals surface area contributed by atoms with E-state index in [1.54, 1.807) is 0 Å². The van der Waals surface area contributed by atoms with Crippen molar-refractivity contribution in [2.75, 3.05) is 18.4 Å². The number of aryl methyl sites for hydroxylation is 4. The van der Waals surface area contributed by atoms with E-state index in [9.17, 15) is 9.59 Å². The van der Waals surface area contributed by atoms with Crippen LogP contribution < -0.4 is 10.6 Å². The maximum atomic E-state index is 14.1. The van der Waals surface area contributed by atoms with Gasteiger partial charge in [0.15, 0.2) is 0 Å². The first-order chi connectivity index (χ1) is 20.7. The molecule has 0 radical (unpaired) electrons. The fourth-order valence-corrected chi connectivity index (χ4v) is 6.65. The van der Waals surface area contributed by atoms with E-state index in [1.165, 1.54) is 11.1 Å². The van der Waals surface area contributed by atoms with Gasteiger partial charge < -0.3 is 20.1 Å². The van der Waals surface area contributed by atoms with Crippen LogP contribution in [0.3, 0.4) is 0 Å². The summed E-state index contributed by atoms with van der Waals surface area (Å²) in [6, 6.07) is 26.1. The van der Waals surface area contributed by atoms with Crippen LogP contribution in [0.1, 0.15) is 69.7 Å². The Bertz CT molecular complexity index is 1570. The summed E-state index contributed by atoms with van der Waals surface area (Å²) in [7, 11) is 2.04. The van der Waals surface area contributed by atoms with Gasteiger partial charge in [0, 0.05) is 49.2 Å². The largest absolute Gasteiger partial charge is 0.353 e. The van der Waals surface area contributed by atoms with E-state index in [0.717, 1.165) is 40.1 Å². The van der Waals surface area contributed by atoms with E-state index in [2.05, 4.69) is 72.4 Å². The lowest BCUT2D eigenvalue weighted by Gasteiger charge is -2.43. The van der Waals surface area contributed by atoms with Gasteiger partial charge in [0.2, 0.25) is 5.91 Å². The highest BCUT2D eigenvalue weighted by atomic mass is 16.2. The summed E-state index contributed by atoms with van der Waals surface area (Å²) in [5, 5.41) is 6.89. The van der Waals surface area contributed by atoms with Crippen LogP contribution in [0, 0.1) is 26.7 Å². The molecule has 3 aromatic carbocycles. The molecule has 0 aliphatic carbocycles. The van der Waals surface area contributed by atoms with Crippen LogP contribution in [-0.4, -0.2) is 40.4 Å². The SMILES string of the molecule is Cc1cc(C)c(NC(=O)[C@H](NC[C@@H]2c3ccccc3C(=O)N(CCc3ccccc3)[C@H]2c2cccn2C)C(C)C)c(C)c1. The van der Waals surface area contributed by atoms with E-state index in [1.807, 2.05) is 74.5 Å². The maximum absolute atomic E-state index is 14.1. The second kappa shape index (κ2) is 13.0. The lowest BCUT2D eigenvalue weighted by atomic mass is 9.80. The number of nitrogens with zero attached hydrogens (tertiary/aromatic N) is 2. The molecular formula is C37H44N4O2. The van der Waals surface area contributed by atoms with Gasteiger partial charge >= 0.3 is 0 Å². The molecule has 6 heteroatoms. The molecule has 2 amide bonds. The molecule has 0 unspecified atom stereocenters. The summed E-state index contributed by atoms with van der Waals surface area (Å²) < 4.78 is 2.12. The minimum atomic E-state index is -0.406. The highest BCUT2D eigenvalue weighted by molar-refractivity contribution is 5.98. The van der Waals surface area contributed by atoms with Gasteiger partial charge in [-0.15, -0.1) is 0 Å². The number of amides is 2. The molecule has 0 fully saturated rings. The summed E-state index contributed by atoms with van der Waals surface area (Å²) in [4.78, 5) is 29.9. The van der Waals surface area contributed by atoms with E-state index < -0.39 is 6.04 Å². The molecular weight excluding hydrogens is 532 g/mol. The zero-order valence-electron chi connectivity index (χ0n) is 26.2. The van der Waals surface area contributed by atoms with Crippen LogP contribution in [-0.2, 0) is 18.3 Å². The van der Waals surface area contributed by atoms with Crippen molar-refractivity contribution in [3.63, 3.8) is 0 Å². The normalized spacial score (nSPS) is 17.2. The highest BCUT2D eigenvalue weighted by Gasteiger charge is 2.41. The van der Waals surface area contributed by atoms with Gasteiger partial charge in [-0.2, -0.15) is 0 Å². The average molecular weight is 577 g/mol. The topological polar surface area (TPSA) is 66.4 Å². The number of hydrogen-bond acceptors (Lipinski definition) is 3. The molecule has 1 aromatic heterocycles. The van der Waals surface area contributed by atoms with Gasteiger partial charge in [-0.1, -0.05) is 80.1 Å². The van der Waals surface area contributed by atoms with Crippen molar-refractivity contribution in [3.8, 4) is 0 Å². The molecule has 4 aromatic rings. The minimum absolute atomic E-state index is 0.0402.